The molecule has 0 spiro atoms. The molecule has 1 amide bonds. The van der Waals surface area contributed by atoms with Gasteiger partial charge < -0.3 is 10.0 Å². The molecule has 16 heavy (non-hydrogen) atoms. The predicted octanol–water partition coefficient (Wildman–Crippen LogP) is 0.700. The summed E-state index contributed by atoms with van der Waals surface area (Å²) in [6, 6.07) is 0.410. The van der Waals surface area contributed by atoms with E-state index in [0.29, 0.717) is 19.0 Å². The van der Waals surface area contributed by atoms with Crippen molar-refractivity contribution in [3.8, 4) is 0 Å². The van der Waals surface area contributed by atoms with Crippen LogP contribution < -0.4 is 0 Å². The molecule has 1 aliphatic rings. The van der Waals surface area contributed by atoms with Crippen molar-refractivity contribution in [3.63, 3.8) is 0 Å². The highest BCUT2D eigenvalue weighted by Crippen LogP contribution is 2.10. The molecule has 1 atom stereocenters. The van der Waals surface area contributed by atoms with Gasteiger partial charge in [0.2, 0.25) is 5.91 Å². The van der Waals surface area contributed by atoms with Crippen LogP contribution in [0, 0.1) is 0 Å². The SMILES string of the molecule is CC(O)CN(CCN1CCCC1=O)C(C)C. The fourth-order valence-corrected chi connectivity index (χ4v) is 2.09. The number of carbonyl (C=O) groups excluding carboxylic acids is 1. The molecule has 1 rings (SSSR count). The monoisotopic (exact) mass is 228 g/mol. The lowest BCUT2D eigenvalue weighted by Gasteiger charge is -2.29. The average molecular weight is 228 g/mol. The van der Waals surface area contributed by atoms with Crippen molar-refractivity contribution in [1.29, 1.82) is 0 Å². The van der Waals surface area contributed by atoms with Gasteiger partial charge >= 0.3 is 0 Å². The van der Waals surface area contributed by atoms with Gasteiger partial charge in [0.25, 0.3) is 0 Å². The van der Waals surface area contributed by atoms with Crippen molar-refractivity contribution in [2.75, 3.05) is 26.2 Å². The molecule has 1 saturated heterocycles. The number of rotatable bonds is 6. The van der Waals surface area contributed by atoms with Crippen LogP contribution in [0.3, 0.4) is 0 Å². The van der Waals surface area contributed by atoms with Crippen LogP contribution in [0.25, 0.3) is 0 Å². The third-order valence-electron chi connectivity index (χ3n) is 3.06. The first-order chi connectivity index (χ1) is 7.50. The second-order valence-corrected chi connectivity index (χ2v) is 4.92. The zero-order valence-corrected chi connectivity index (χ0v) is 10.6. The maximum Gasteiger partial charge on any atom is 0.222 e. The maximum absolute atomic E-state index is 11.4. The van der Waals surface area contributed by atoms with Gasteiger partial charge in [0.05, 0.1) is 6.10 Å². The molecule has 0 saturated carbocycles. The van der Waals surface area contributed by atoms with E-state index < -0.39 is 0 Å². The van der Waals surface area contributed by atoms with Crippen LogP contribution in [-0.2, 0) is 4.79 Å². The predicted molar refractivity (Wildman–Crippen MR) is 64.2 cm³/mol. The average Bonchev–Trinajstić information content (AvgIpc) is 2.57. The first-order valence-corrected chi connectivity index (χ1v) is 6.20. The van der Waals surface area contributed by atoms with Crippen molar-refractivity contribution in [2.45, 2.75) is 45.8 Å². The van der Waals surface area contributed by atoms with E-state index in [1.165, 1.54) is 0 Å². The number of aliphatic hydroxyl groups excluding tert-OH is 1. The summed E-state index contributed by atoms with van der Waals surface area (Å²) in [7, 11) is 0. The summed E-state index contributed by atoms with van der Waals surface area (Å²) in [5.74, 6) is 0.278. The van der Waals surface area contributed by atoms with Gasteiger partial charge in [-0.15, -0.1) is 0 Å². The van der Waals surface area contributed by atoms with Gasteiger partial charge in [-0.3, -0.25) is 9.69 Å². The normalized spacial score (nSPS) is 18.9. The van der Waals surface area contributed by atoms with Gasteiger partial charge in [-0.05, 0) is 27.2 Å². The van der Waals surface area contributed by atoms with Crippen LogP contribution >= 0.6 is 0 Å². The van der Waals surface area contributed by atoms with E-state index in [-0.39, 0.29) is 12.0 Å². The number of amides is 1. The molecule has 1 heterocycles. The molecule has 0 aromatic rings. The Hall–Kier alpha value is -0.610. The molecule has 0 bridgehead atoms. The summed E-state index contributed by atoms with van der Waals surface area (Å²) < 4.78 is 0. The molecule has 1 aliphatic heterocycles. The summed E-state index contributed by atoms with van der Waals surface area (Å²) in [4.78, 5) is 15.6. The Morgan fingerprint density at radius 2 is 2.12 bits per heavy atom. The number of likely N-dealkylation sites (tertiary alicyclic amines) is 1. The van der Waals surface area contributed by atoms with Crippen LogP contribution in [0.4, 0.5) is 0 Å². The van der Waals surface area contributed by atoms with E-state index in [1.54, 1.807) is 6.92 Å². The molecule has 0 aromatic heterocycles. The van der Waals surface area contributed by atoms with Crippen LogP contribution in [0.5, 0.6) is 0 Å². The second-order valence-electron chi connectivity index (χ2n) is 4.92. The molecule has 4 nitrogen and oxygen atoms in total. The number of carbonyl (C=O) groups is 1. The van der Waals surface area contributed by atoms with Crippen molar-refractivity contribution >= 4 is 5.91 Å². The fraction of sp³-hybridized carbons (Fsp3) is 0.917. The van der Waals surface area contributed by atoms with Gasteiger partial charge in [-0.2, -0.15) is 0 Å². The largest absolute Gasteiger partial charge is 0.392 e. The van der Waals surface area contributed by atoms with Gasteiger partial charge in [0.15, 0.2) is 0 Å². The lowest BCUT2D eigenvalue weighted by atomic mass is 10.2. The van der Waals surface area contributed by atoms with Crippen molar-refractivity contribution in [1.82, 2.24) is 9.80 Å². The molecule has 94 valence electrons. The highest BCUT2D eigenvalue weighted by molar-refractivity contribution is 5.78. The van der Waals surface area contributed by atoms with Crippen molar-refractivity contribution in [2.24, 2.45) is 0 Å². The number of nitrogens with zero attached hydrogens (tertiary/aromatic N) is 2. The standard InChI is InChI=1S/C12H24N2O2/c1-10(2)14(9-11(3)15)8-7-13-6-4-5-12(13)16/h10-11,15H,4-9H2,1-3H3. The second kappa shape index (κ2) is 6.21. The highest BCUT2D eigenvalue weighted by Gasteiger charge is 2.21. The quantitative estimate of drug-likeness (QED) is 0.728. The Bertz CT molecular complexity index is 229. The number of aliphatic hydroxyl groups is 1. The molecule has 4 heteroatoms. The summed E-state index contributed by atoms with van der Waals surface area (Å²) in [6.45, 7) is 9.27. The smallest absolute Gasteiger partial charge is 0.222 e. The Kier molecular flexibility index (Phi) is 5.22. The zero-order valence-electron chi connectivity index (χ0n) is 10.6. The zero-order chi connectivity index (χ0) is 12.1. The highest BCUT2D eigenvalue weighted by atomic mass is 16.3. The van der Waals surface area contributed by atoms with E-state index in [2.05, 4.69) is 18.7 Å². The van der Waals surface area contributed by atoms with Gasteiger partial charge in [0, 0.05) is 38.6 Å². The summed E-state index contributed by atoms with van der Waals surface area (Å²) in [5, 5.41) is 9.39. The van der Waals surface area contributed by atoms with Gasteiger partial charge in [-0.1, -0.05) is 0 Å². The minimum Gasteiger partial charge on any atom is -0.392 e. The lowest BCUT2D eigenvalue weighted by molar-refractivity contribution is -0.127. The third kappa shape index (κ3) is 4.10. The van der Waals surface area contributed by atoms with Crippen LogP contribution in [-0.4, -0.2) is 59.1 Å². The summed E-state index contributed by atoms with van der Waals surface area (Å²) in [6.07, 6.45) is 1.39. The summed E-state index contributed by atoms with van der Waals surface area (Å²) >= 11 is 0. The fourth-order valence-electron chi connectivity index (χ4n) is 2.09. The third-order valence-corrected chi connectivity index (χ3v) is 3.06. The summed E-state index contributed by atoms with van der Waals surface area (Å²) in [5.41, 5.74) is 0. The Labute approximate surface area is 98.2 Å². The molecule has 0 aliphatic carbocycles. The van der Waals surface area contributed by atoms with Crippen molar-refractivity contribution in [3.05, 3.63) is 0 Å². The van der Waals surface area contributed by atoms with Crippen LogP contribution in [0.15, 0.2) is 0 Å². The van der Waals surface area contributed by atoms with E-state index in [4.69, 9.17) is 0 Å². The molecule has 0 aromatic carbocycles. The molecule has 1 N–H and O–H groups in total. The topological polar surface area (TPSA) is 43.8 Å². The first kappa shape index (κ1) is 13.5. The molecule has 1 fully saturated rings. The first-order valence-electron chi connectivity index (χ1n) is 6.20. The molecular formula is C12H24N2O2. The van der Waals surface area contributed by atoms with Crippen molar-refractivity contribution < 1.29 is 9.90 Å². The van der Waals surface area contributed by atoms with Crippen LogP contribution in [0.1, 0.15) is 33.6 Å². The molecule has 0 radical (unpaired) electrons. The van der Waals surface area contributed by atoms with E-state index >= 15 is 0 Å². The molecular weight excluding hydrogens is 204 g/mol. The Morgan fingerprint density at radius 1 is 1.44 bits per heavy atom. The minimum absolute atomic E-state index is 0.278. The number of hydrogen-bond acceptors (Lipinski definition) is 3. The van der Waals surface area contributed by atoms with E-state index in [0.717, 1.165) is 26.1 Å². The van der Waals surface area contributed by atoms with Gasteiger partial charge in [-0.25, -0.2) is 0 Å². The van der Waals surface area contributed by atoms with Crippen LogP contribution in [0.2, 0.25) is 0 Å². The lowest BCUT2D eigenvalue weighted by Crippen LogP contribution is -2.42. The van der Waals surface area contributed by atoms with E-state index in [9.17, 15) is 9.90 Å². The Balaban J connectivity index is 2.34. The maximum atomic E-state index is 11.4. The van der Waals surface area contributed by atoms with Gasteiger partial charge in [0.1, 0.15) is 0 Å². The Morgan fingerprint density at radius 3 is 2.56 bits per heavy atom. The van der Waals surface area contributed by atoms with E-state index in [1.807, 2.05) is 4.90 Å². The number of hydrogen-bond donors (Lipinski definition) is 1. The minimum atomic E-state index is -0.309. The molecule has 1 unspecified atom stereocenters.